The summed E-state index contributed by atoms with van der Waals surface area (Å²) in [5.41, 5.74) is 6.26. The SMILES string of the molecule is CN1CCN(CC(N)c2ccccc2F)C(=O)C1=O. The summed E-state index contributed by atoms with van der Waals surface area (Å²) in [7, 11) is 1.58. The minimum absolute atomic E-state index is 0.138. The molecule has 0 bridgehead atoms. The molecule has 0 aliphatic carbocycles. The second kappa shape index (κ2) is 5.36. The summed E-state index contributed by atoms with van der Waals surface area (Å²) in [6.45, 7) is 1.02. The summed E-state index contributed by atoms with van der Waals surface area (Å²) >= 11 is 0. The first-order chi connectivity index (χ1) is 9.00. The van der Waals surface area contributed by atoms with E-state index in [1.165, 1.54) is 15.9 Å². The van der Waals surface area contributed by atoms with Crippen molar-refractivity contribution in [2.45, 2.75) is 6.04 Å². The fourth-order valence-corrected chi connectivity index (χ4v) is 2.06. The fourth-order valence-electron chi connectivity index (χ4n) is 2.06. The number of carbonyl (C=O) groups excluding carboxylic acids is 2. The van der Waals surface area contributed by atoms with E-state index < -0.39 is 23.7 Å². The lowest BCUT2D eigenvalue weighted by Gasteiger charge is -2.33. The number of carbonyl (C=O) groups is 2. The Bertz CT molecular complexity index is 506. The summed E-state index contributed by atoms with van der Waals surface area (Å²) in [6.07, 6.45) is 0. The molecular formula is C13H16FN3O2. The van der Waals surface area contributed by atoms with Crippen LogP contribution < -0.4 is 5.73 Å². The average Bonchev–Trinajstić information content (AvgIpc) is 2.40. The predicted molar refractivity (Wildman–Crippen MR) is 67.5 cm³/mol. The smallest absolute Gasteiger partial charge is 0.312 e. The Morgan fingerprint density at radius 2 is 1.95 bits per heavy atom. The summed E-state index contributed by atoms with van der Waals surface area (Å²) in [5.74, 6) is -1.53. The van der Waals surface area contributed by atoms with E-state index in [1.54, 1.807) is 25.2 Å². The summed E-state index contributed by atoms with van der Waals surface area (Å²) < 4.78 is 13.6. The lowest BCUT2D eigenvalue weighted by atomic mass is 10.1. The highest BCUT2D eigenvalue weighted by Gasteiger charge is 2.31. The van der Waals surface area contributed by atoms with Crippen molar-refractivity contribution in [3.8, 4) is 0 Å². The predicted octanol–water partition coefficient (Wildman–Crippen LogP) is 0.126. The molecule has 0 spiro atoms. The van der Waals surface area contributed by atoms with E-state index in [4.69, 9.17) is 5.73 Å². The van der Waals surface area contributed by atoms with Crippen molar-refractivity contribution in [2.75, 3.05) is 26.7 Å². The summed E-state index contributed by atoms with van der Waals surface area (Å²) in [5, 5.41) is 0. The molecule has 1 aromatic rings. The molecule has 1 unspecified atom stereocenters. The number of hydrogen-bond donors (Lipinski definition) is 1. The van der Waals surface area contributed by atoms with E-state index in [-0.39, 0.29) is 6.54 Å². The average molecular weight is 265 g/mol. The van der Waals surface area contributed by atoms with Gasteiger partial charge in [-0.05, 0) is 6.07 Å². The third kappa shape index (κ3) is 2.73. The Labute approximate surface area is 110 Å². The standard InChI is InChI=1S/C13H16FN3O2/c1-16-6-7-17(13(19)12(16)18)8-11(15)9-4-2-3-5-10(9)14/h2-5,11H,6-8,15H2,1H3. The molecule has 1 fully saturated rings. The molecule has 5 nitrogen and oxygen atoms in total. The van der Waals surface area contributed by atoms with Crippen LogP contribution in [0, 0.1) is 5.82 Å². The zero-order chi connectivity index (χ0) is 14.0. The van der Waals surface area contributed by atoms with Gasteiger partial charge in [0, 0.05) is 32.2 Å². The Balaban J connectivity index is 2.07. The number of amides is 2. The van der Waals surface area contributed by atoms with Crippen molar-refractivity contribution in [1.29, 1.82) is 0 Å². The van der Waals surface area contributed by atoms with E-state index in [0.717, 1.165) is 0 Å². The number of likely N-dealkylation sites (N-methyl/N-ethyl adjacent to an activating group) is 1. The van der Waals surface area contributed by atoms with Gasteiger partial charge in [-0.25, -0.2) is 4.39 Å². The van der Waals surface area contributed by atoms with Gasteiger partial charge < -0.3 is 15.5 Å². The van der Waals surface area contributed by atoms with Crippen molar-refractivity contribution in [3.05, 3.63) is 35.6 Å². The molecule has 1 aliphatic heterocycles. The van der Waals surface area contributed by atoms with Gasteiger partial charge in [-0.2, -0.15) is 0 Å². The zero-order valence-corrected chi connectivity index (χ0v) is 10.7. The molecule has 1 aliphatic rings. The van der Waals surface area contributed by atoms with E-state index in [9.17, 15) is 14.0 Å². The number of nitrogens with zero attached hydrogens (tertiary/aromatic N) is 2. The van der Waals surface area contributed by atoms with Crippen LogP contribution in [0.2, 0.25) is 0 Å². The van der Waals surface area contributed by atoms with Crippen molar-refractivity contribution in [1.82, 2.24) is 9.80 Å². The first-order valence-electron chi connectivity index (χ1n) is 6.05. The van der Waals surface area contributed by atoms with Gasteiger partial charge in [0.25, 0.3) is 0 Å². The lowest BCUT2D eigenvalue weighted by molar-refractivity contribution is -0.155. The third-order valence-electron chi connectivity index (χ3n) is 3.24. The van der Waals surface area contributed by atoms with Crippen LogP contribution in [-0.2, 0) is 9.59 Å². The molecule has 2 N–H and O–H groups in total. The molecule has 0 saturated carbocycles. The van der Waals surface area contributed by atoms with E-state index >= 15 is 0 Å². The molecule has 0 aromatic heterocycles. The highest BCUT2D eigenvalue weighted by atomic mass is 19.1. The molecule has 0 radical (unpaired) electrons. The maximum Gasteiger partial charge on any atom is 0.312 e. The Morgan fingerprint density at radius 3 is 2.63 bits per heavy atom. The minimum atomic E-state index is -0.638. The van der Waals surface area contributed by atoms with Crippen molar-refractivity contribution in [3.63, 3.8) is 0 Å². The number of piperazine rings is 1. The van der Waals surface area contributed by atoms with Gasteiger partial charge >= 0.3 is 11.8 Å². The maximum absolute atomic E-state index is 13.6. The van der Waals surface area contributed by atoms with Crippen LogP contribution in [0.1, 0.15) is 11.6 Å². The highest BCUT2D eigenvalue weighted by Crippen LogP contribution is 2.16. The zero-order valence-electron chi connectivity index (χ0n) is 10.7. The fraction of sp³-hybridized carbons (Fsp3) is 0.385. The van der Waals surface area contributed by atoms with E-state index in [0.29, 0.717) is 18.7 Å². The molecule has 102 valence electrons. The molecule has 6 heteroatoms. The third-order valence-corrected chi connectivity index (χ3v) is 3.24. The summed E-state index contributed by atoms with van der Waals surface area (Å²) in [4.78, 5) is 26.1. The van der Waals surface area contributed by atoms with Crippen LogP contribution in [0.3, 0.4) is 0 Å². The largest absolute Gasteiger partial charge is 0.336 e. The molecular weight excluding hydrogens is 249 g/mol. The van der Waals surface area contributed by atoms with Crippen LogP contribution in [-0.4, -0.2) is 48.3 Å². The van der Waals surface area contributed by atoms with Crippen molar-refractivity contribution < 1.29 is 14.0 Å². The highest BCUT2D eigenvalue weighted by molar-refractivity contribution is 6.35. The van der Waals surface area contributed by atoms with Gasteiger partial charge in [-0.1, -0.05) is 18.2 Å². The number of hydrogen-bond acceptors (Lipinski definition) is 3. The minimum Gasteiger partial charge on any atom is -0.336 e. The normalized spacial score (nSPS) is 17.8. The molecule has 19 heavy (non-hydrogen) atoms. The molecule has 1 aromatic carbocycles. The Kier molecular flexibility index (Phi) is 3.80. The van der Waals surface area contributed by atoms with Crippen molar-refractivity contribution >= 4 is 11.8 Å². The van der Waals surface area contributed by atoms with Crippen molar-refractivity contribution in [2.24, 2.45) is 5.73 Å². The quantitative estimate of drug-likeness (QED) is 0.790. The molecule has 2 rings (SSSR count). The van der Waals surface area contributed by atoms with Gasteiger partial charge in [0.1, 0.15) is 5.82 Å². The molecule has 1 saturated heterocycles. The van der Waals surface area contributed by atoms with Crippen LogP contribution in [0.5, 0.6) is 0 Å². The van der Waals surface area contributed by atoms with Crippen LogP contribution in [0.25, 0.3) is 0 Å². The monoisotopic (exact) mass is 265 g/mol. The first-order valence-corrected chi connectivity index (χ1v) is 6.05. The van der Waals surface area contributed by atoms with Gasteiger partial charge in [-0.3, -0.25) is 9.59 Å². The first kappa shape index (κ1) is 13.5. The lowest BCUT2D eigenvalue weighted by Crippen LogP contribution is -2.54. The summed E-state index contributed by atoms with van der Waals surface area (Å²) in [6, 6.07) is 5.54. The van der Waals surface area contributed by atoms with Gasteiger partial charge in [-0.15, -0.1) is 0 Å². The topological polar surface area (TPSA) is 66.6 Å². The maximum atomic E-state index is 13.6. The molecule has 2 amide bonds. The van der Waals surface area contributed by atoms with Crippen LogP contribution in [0.15, 0.2) is 24.3 Å². The second-order valence-electron chi connectivity index (χ2n) is 4.61. The Morgan fingerprint density at radius 1 is 1.26 bits per heavy atom. The van der Waals surface area contributed by atoms with E-state index in [2.05, 4.69) is 0 Å². The molecule has 1 atom stereocenters. The van der Waals surface area contributed by atoms with Gasteiger partial charge in [0.15, 0.2) is 0 Å². The van der Waals surface area contributed by atoms with Crippen LogP contribution >= 0.6 is 0 Å². The van der Waals surface area contributed by atoms with Gasteiger partial charge in [0.2, 0.25) is 0 Å². The van der Waals surface area contributed by atoms with Crippen LogP contribution in [0.4, 0.5) is 4.39 Å². The van der Waals surface area contributed by atoms with Gasteiger partial charge in [0.05, 0.1) is 6.04 Å². The second-order valence-corrected chi connectivity index (χ2v) is 4.61. The Hall–Kier alpha value is -1.95. The van der Waals surface area contributed by atoms with E-state index in [1.807, 2.05) is 0 Å². The number of halogens is 1. The number of rotatable bonds is 3. The molecule has 1 heterocycles. The number of nitrogens with two attached hydrogens (primary N) is 1. The number of benzene rings is 1.